The van der Waals surface area contributed by atoms with Gasteiger partial charge >= 0.3 is 0 Å². The third-order valence-corrected chi connectivity index (χ3v) is 4.06. The molecule has 4 heteroatoms. The van der Waals surface area contributed by atoms with Crippen molar-refractivity contribution in [2.45, 2.75) is 18.9 Å². The molecule has 0 bridgehead atoms. The first-order valence-electron chi connectivity index (χ1n) is 6.01. The maximum absolute atomic E-state index is 10.3. The molecule has 18 heavy (non-hydrogen) atoms. The molecule has 1 aliphatic heterocycles. The van der Waals surface area contributed by atoms with Crippen LogP contribution in [0.3, 0.4) is 0 Å². The van der Waals surface area contributed by atoms with Crippen LogP contribution >= 0.6 is 11.8 Å². The first kappa shape index (κ1) is 13.3. The highest BCUT2D eigenvalue weighted by Crippen LogP contribution is 2.37. The first-order chi connectivity index (χ1) is 8.72. The predicted molar refractivity (Wildman–Crippen MR) is 72.7 cm³/mol. The fourth-order valence-electron chi connectivity index (χ4n) is 2.25. The molecule has 1 aromatic carbocycles. The summed E-state index contributed by atoms with van der Waals surface area (Å²) in [4.78, 5) is 0. The number of nitriles is 1. The van der Waals surface area contributed by atoms with Crippen molar-refractivity contribution in [1.29, 1.82) is 5.26 Å². The van der Waals surface area contributed by atoms with Gasteiger partial charge in [0, 0.05) is 6.42 Å². The number of nitrogens with zero attached hydrogens (tertiary/aromatic N) is 1. The first-order valence-corrected chi connectivity index (χ1v) is 7.40. The quantitative estimate of drug-likeness (QED) is 0.905. The zero-order valence-corrected chi connectivity index (χ0v) is 11.2. The van der Waals surface area contributed by atoms with Crippen LogP contribution in [0, 0.1) is 16.7 Å². The van der Waals surface area contributed by atoms with Gasteiger partial charge in [0.25, 0.3) is 0 Å². The van der Waals surface area contributed by atoms with Crippen molar-refractivity contribution in [2.24, 2.45) is 5.41 Å². The van der Waals surface area contributed by atoms with E-state index in [-0.39, 0.29) is 6.61 Å². The highest BCUT2D eigenvalue weighted by Gasteiger charge is 2.42. The second-order valence-corrected chi connectivity index (χ2v) is 5.62. The van der Waals surface area contributed by atoms with Gasteiger partial charge < -0.3 is 9.84 Å². The Morgan fingerprint density at radius 3 is 3.06 bits per heavy atom. The van der Waals surface area contributed by atoms with Gasteiger partial charge in [0.1, 0.15) is 17.8 Å². The highest BCUT2D eigenvalue weighted by atomic mass is 32.2. The van der Waals surface area contributed by atoms with Crippen LogP contribution in [0.4, 0.5) is 0 Å². The number of aliphatic hydroxyl groups excluding tert-OH is 1. The molecule has 1 aliphatic rings. The van der Waals surface area contributed by atoms with E-state index in [1.54, 1.807) is 11.8 Å². The number of benzene rings is 1. The Morgan fingerprint density at radius 2 is 2.33 bits per heavy atom. The Labute approximate surface area is 112 Å². The van der Waals surface area contributed by atoms with Crippen molar-refractivity contribution in [3.05, 3.63) is 29.8 Å². The summed E-state index contributed by atoms with van der Waals surface area (Å²) in [7, 11) is 0. The molecule has 0 fully saturated rings. The van der Waals surface area contributed by atoms with E-state index in [1.165, 1.54) is 0 Å². The van der Waals surface area contributed by atoms with Gasteiger partial charge in [0.15, 0.2) is 0 Å². The van der Waals surface area contributed by atoms with E-state index in [0.717, 1.165) is 17.1 Å². The lowest BCUT2D eigenvalue weighted by Crippen LogP contribution is -2.44. The van der Waals surface area contributed by atoms with Gasteiger partial charge in [-0.2, -0.15) is 17.0 Å². The Hall–Kier alpha value is -1.18. The van der Waals surface area contributed by atoms with E-state index in [0.29, 0.717) is 12.8 Å². The number of ether oxygens (including phenoxy) is 1. The summed E-state index contributed by atoms with van der Waals surface area (Å²) in [5.74, 6) is 1.69. The Kier molecular flexibility index (Phi) is 4.15. The van der Waals surface area contributed by atoms with Gasteiger partial charge in [-0.1, -0.05) is 18.2 Å². The number of aliphatic hydroxyl groups is 1. The van der Waals surface area contributed by atoms with E-state index >= 15 is 0 Å². The zero-order valence-electron chi connectivity index (χ0n) is 10.4. The molecule has 0 aliphatic carbocycles. The molecule has 2 unspecified atom stereocenters. The molecule has 0 aromatic heterocycles. The van der Waals surface area contributed by atoms with Crippen molar-refractivity contribution >= 4 is 11.8 Å². The number of hydrogen-bond acceptors (Lipinski definition) is 4. The van der Waals surface area contributed by atoms with Crippen LogP contribution in [-0.4, -0.2) is 29.8 Å². The van der Waals surface area contributed by atoms with E-state index in [1.807, 2.05) is 30.5 Å². The topological polar surface area (TPSA) is 53.2 Å². The van der Waals surface area contributed by atoms with Gasteiger partial charge in [-0.15, -0.1) is 0 Å². The minimum atomic E-state index is -0.802. The number of thioether (sulfide) groups is 1. The van der Waals surface area contributed by atoms with Crippen LogP contribution < -0.4 is 4.74 Å². The van der Waals surface area contributed by atoms with Gasteiger partial charge in [0.2, 0.25) is 0 Å². The Balaban J connectivity index is 2.19. The van der Waals surface area contributed by atoms with Gasteiger partial charge in [-0.05, 0) is 30.1 Å². The predicted octanol–water partition coefficient (Wildman–Crippen LogP) is 2.25. The van der Waals surface area contributed by atoms with Crippen LogP contribution in [0.2, 0.25) is 0 Å². The molecule has 3 nitrogen and oxygen atoms in total. The lowest BCUT2D eigenvalue weighted by Gasteiger charge is -2.35. The van der Waals surface area contributed by atoms with E-state index in [4.69, 9.17) is 4.74 Å². The maximum Gasteiger partial charge on any atom is 0.122 e. The molecule has 96 valence electrons. The standard InChI is InChI=1S/C14H17NO2S/c1-18-7-6-13(16)14(9-15)8-11-4-2-3-5-12(11)17-10-14/h2-5,13,16H,6-8,10H2,1H3. The average Bonchev–Trinajstić information content (AvgIpc) is 2.44. The lowest BCUT2D eigenvalue weighted by molar-refractivity contribution is 0.0172. The molecule has 0 amide bonds. The van der Waals surface area contributed by atoms with Crippen LogP contribution in [0.25, 0.3) is 0 Å². The molecule has 2 rings (SSSR count). The summed E-state index contributed by atoms with van der Waals surface area (Å²) < 4.78 is 5.64. The smallest absolute Gasteiger partial charge is 0.122 e. The molecular formula is C14H17NO2S. The summed E-state index contributed by atoms with van der Waals surface area (Å²) in [5.41, 5.74) is 0.206. The van der Waals surface area contributed by atoms with E-state index in [9.17, 15) is 10.4 Å². The molecular weight excluding hydrogens is 246 g/mol. The fraction of sp³-hybridized carbons (Fsp3) is 0.500. The van der Waals surface area contributed by atoms with Crippen molar-refractivity contribution in [2.75, 3.05) is 18.6 Å². The lowest BCUT2D eigenvalue weighted by atomic mass is 9.76. The SMILES string of the molecule is CSCCC(O)C1(C#N)COc2ccccc2C1. The number of para-hydroxylation sites is 1. The zero-order chi connectivity index (χ0) is 13.0. The van der Waals surface area contributed by atoms with Crippen molar-refractivity contribution in [1.82, 2.24) is 0 Å². The molecule has 0 saturated carbocycles. The summed E-state index contributed by atoms with van der Waals surface area (Å²) in [6.07, 6.45) is 2.55. The third-order valence-electron chi connectivity index (χ3n) is 3.42. The minimum Gasteiger partial charge on any atom is -0.492 e. The number of fused-ring (bicyclic) bond motifs is 1. The number of hydrogen-bond donors (Lipinski definition) is 1. The van der Waals surface area contributed by atoms with Crippen molar-refractivity contribution in [3.63, 3.8) is 0 Å². The van der Waals surface area contributed by atoms with Crippen LogP contribution in [0.5, 0.6) is 5.75 Å². The monoisotopic (exact) mass is 263 g/mol. The van der Waals surface area contributed by atoms with Gasteiger partial charge in [-0.3, -0.25) is 0 Å². The Morgan fingerprint density at radius 1 is 1.56 bits per heavy atom. The maximum atomic E-state index is 10.3. The normalized spacial score (nSPS) is 23.6. The average molecular weight is 263 g/mol. The Bertz CT molecular complexity index is 457. The van der Waals surface area contributed by atoms with Crippen molar-refractivity contribution in [3.8, 4) is 11.8 Å². The molecule has 0 spiro atoms. The van der Waals surface area contributed by atoms with Crippen LogP contribution in [0.1, 0.15) is 12.0 Å². The minimum absolute atomic E-state index is 0.274. The van der Waals surface area contributed by atoms with Crippen LogP contribution in [0.15, 0.2) is 24.3 Å². The molecule has 0 saturated heterocycles. The second-order valence-electron chi connectivity index (χ2n) is 4.64. The van der Waals surface area contributed by atoms with E-state index < -0.39 is 11.5 Å². The summed E-state index contributed by atoms with van der Waals surface area (Å²) >= 11 is 1.68. The highest BCUT2D eigenvalue weighted by molar-refractivity contribution is 7.98. The number of rotatable bonds is 4. The second kappa shape index (κ2) is 5.64. The van der Waals surface area contributed by atoms with Gasteiger partial charge in [0.05, 0.1) is 12.2 Å². The van der Waals surface area contributed by atoms with Gasteiger partial charge in [-0.25, -0.2) is 0 Å². The largest absolute Gasteiger partial charge is 0.492 e. The third kappa shape index (κ3) is 2.47. The molecule has 1 heterocycles. The fourth-order valence-corrected chi connectivity index (χ4v) is 2.71. The summed E-state index contributed by atoms with van der Waals surface area (Å²) in [6.45, 7) is 0.274. The van der Waals surface area contributed by atoms with Crippen LogP contribution in [-0.2, 0) is 6.42 Å². The summed E-state index contributed by atoms with van der Waals surface area (Å²) in [5, 5.41) is 19.7. The van der Waals surface area contributed by atoms with Crippen molar-refractivity contribution < 1.29 is 9.84 Å². The van der Waals surface area contributed by atoms with E-state index in [2.05, 4.69) is 6.07 Å². The molecule has 2 atom stereocenters. The molecule has 1 aromatic rings. The summed E-state index contributed by atoms with van der Waals surface area (Å²) in [6, 6.07) is 10.0. The molecule has 1 N–H and O–H groups in total. The molecule has 0 radical (unpaired) electrons.